The molecule has 1 aromatic carbocycles. The first-order valence-corrected chi connectivity index (χ1v) is 5.71. The van der Waals surface area contributed by atoms with Gasteiger partial charge < -0.3 is 14.6 Å². The molecule has 1 rings (SSSR count). The zero-order chi connectivity index (χ0) is 14.5. The summed E-state index contributed by atoms with van der Waals surface area (Å²) in [4.78, 5) is 11.4. The van der Waals surface area contributed by atoms with Gasteiger partial charge in [-0.3, -0.25) is 4.79 Å². The van der Waals surface area contributed by atoms with Crippen LogP contribution in [0.3, 0.4) is 0 Å². The molecule has 0 heterocycles. The maximum Gasteiger partial charge on any atom is 0.310 e. The average molecular weight is 274 g/mol. The monoisotopic (exact) mass is 274 g/mol. The van der Waals surface area contributed by atoms with Gasteiger partial charge >= 0.3 is 5.97 Å². The van der Waals surface area contributed by atoms with Gasteiger partial charge in [-0.2, -0.15) is 0 Å². The Morgan fingerprint density at radius 1 is 1.42 bits per heavy atom. The Hall–Kier alpha value is -1.85. The van der Waals surface area contributed by atoms with E-state index in [-0.39, 0.29) is 18.8 Å². The van der Waals surface area contributed by atoms with Crippen LogP contribution in [0, 0.1) is 0 Å². The maximum atomic E-state index is 12.5. The zero-order valence-corrected chi connectivity index (χ0v) is 10.8. The third-order valence-corrected chi connectivity index (χ3v) is 2.40. The largest absolute Gasteiger partial charge is 0.504 e. The summed E-state index contributed by atoms with van der Waals surface area (Å²) >= 11 is 0. The molecule has 0 bridgehead atoms. The third kappa shape index (κ3) is 5.54. The number of phenolic OH excluding ortho intramolecular Hbond substituents is 1. The maximum absolute atomic E-state index is 12.5. The summed E-state index contributed by atoms with van der Waals surface area (Å²) in [5, 5.41) is 9.51. The molecule has 106 valence electrons. The number of hydrogen-bond donors (Lipinski definition) is 1. The second kappa shape index (κ2) is 6.36. The van der Waals surface area contributed by atoms with Gasteiger partial charge in [-0.15, -0.1) is 0 Å². The first-order chi connectivity index (χ1) is 8.81. The van der Waals surface area contributed by atoms with Crippen molar-refractivity contribution in [2.75, 3.05) is 13.7 Å². The van der Waals surface area contributed by atoms with Crippen LogP contribution in [0.4, 0.5) is 8.78 Å². The van der Waals surface area contributed by atoms with Crippen LogP contribution in [0.5, 0.6) is 11.5 Å². The fourth-order valence-electron chi connectivity index (χ4n) is 1.41. The highest BCUT2D eigenvalue weighted by atomic mass is 19.3. The van der Waals surface area contributed by atoms with Crippen LogP contribution in [0.15, 0.2) is 18.2 Å². The number of ether oxygens (including phenoxy) is 2. The van der Waals surface area contributed by atoms with Crippen molar-refractivity contribution in [3.63, 3.8) is 0 Å². The van der Waals surface area contributed by atoms with E-state index in [4.69, 9.17) is 4.74 Å². The highest BCUT2D eigenvalue weighted by Crippen LogP contribution is 2.26. The Bertz CT molecular complexity index is 441. The lowest BCUT2D eigenvalue weighted by Gasteiger charge is -2.10. The minimum atomic E-state index is -2.85. The van der Waals surface area contributed by atoms with Gasteiger partial charge in [0.25, 0.3) is 0 Å². The lowest BCUT2D eigenvalue weighted by molar-refractivity contribution is -0.144. The van der Waals surface area contributed by atoms with Gasteiger partial charge in [0.15, 0.2) is 11.5 Å². The second-order valence-corrected chi connectivity index (χ2v) is 4.22. The number of carbonyl (C=O) groups is 1. The van der Waals surface area contributed by atoms with E-state index in [0.717, 1.165) is 6.92 Å². The molecular formula is C13H16F2O4. The standard InChI is InChI=1S/C13H16F2O4/c1-13(14,15)5-6-19-12(17)8-9-3-4-11(18-2)10(16)7-9/h3-4,7,16H,5-6,8H2,1-2H3. The SMILES string of the molecule is COc1ccc(CC(=O)OCCC(C)(F)F)cc1O. The molecule has 0 saturated heterocycles. The van der Waals surface area contributed by atoms with Crippen molar-refractivity contribution < 1.29 is 28.2 Å². The molecule has 0 unspecified atom stereocenters. The highest BCUT2D eigenvalue weighted by Gasteiger charge is 2.21. The molecule has 1 aromatic rings. The van der Waals surface area contributed by atoms with E-state index in [1.807, 2.05) is 0 Å². The van der Waals surface area contributed by atoms with Crippen LogP contribution in [0.1, 0.15) is 18.9 Å². The fraction of sp³-hybridized carbons (Fsp3) is 0.462. The van der Waals surface area contributed by atoms with Crippen molar-refractivity contribution in [1.29, 1.82) is 0 Å². The van der Waals surface area contributed by atoms with Crippen molar-refractivity contribution in [3.05, 3.63) is 23.8 Å². The molecule has 0 amide bonds. The van der Waals surface area contributed by atoms with E-state index in [2.05, 4.69) is 4.74 Å². The summed E-state index contributed by atoms with van der Waals surface area (Å²) in [6.07, 6.45) is -0.598. The second-order valence-electron chi connectivity index (χ2n) is 4.22. The van der Waals surface area contributed by atoms with Crippen LogP contribution < -0.4 is 4.74 Å². The smallest absolute Gasteiger partial charge is 0.310 e. The van der Waals surface area contributed by atoms with Crippen LogP contribution >= 0.6 is 0 Å². The summed E-state index contributed by atoms with van der Waals surface area (Å²) in [6.45, 7) is 0.437. The summed E-state index contributed by atoms with van der Waals surface area (Å²) in [5.74, 6) is -3.26. The van der Waals surface area contributed by atoms with E-state index in [1.54, 1.807) is 6.07 Å². The predicted molar refractivity (Wildman–Crippen MR) is 64.6 cm³/mol. The minimum Gasteiger partial charge on any atom is -0.504 e. The van der Waals surface area contributed by atoms with Crippen LogP contribution in [-0.2, 0) is 16.0 Å². The summed E-state index contributed by atoms with van der Waals surface area (Å²) in [5.41, 5.74) is 0.520. The number of carbonyl (C=O) groups excluding carboxylic acids is 1. The minimum absolute atomic E-state index is 0.0899. The topological polar surface area (TPSA) is 55.8 Å². The quantitative estimate of drug-likeness (QED) is 0.810. The number of aromatic hydroxyl groups is 1. The molecule has 19 heavy (non-hydrogen) atoms. The molecule has 0 aromatic heterocycles. The number of halogens is 2. The van der Waals surface area contributed by atoms with Gasteiger partial charge in [-0.05, 0) is 24.6 Å². The number of rotatable bonds is 6. The number of esters is 1. The van der Waals surface area contributed by atoms with Gasteiger partial charge in [0.1, 0.15) is 0 Å². The number of phenols is 1. The van der Waals surface area contributed by atoms with Crippen molar-refractivity contribution in [2.45, 2.75) is 25.7 Å². The number of hydrogen-bond acceptors (Lipinski definition) is 4. The molecule has 0 radical (unpaired) electrons. The van der Waals surface area contributed by atoms with Gasteiger partial charge in [0.2, 0.25) is 5.92 Å². The third-order valence-electron chi connectivity index (χ3n) is 2.40. The Labute approximate surface area is 109 Å². The Morgan fingerprint density at radius 2 is 2.11 bits per heavy atom. The lowest BCUT2D eigenvalue weighted by Crippen LogP contribution is -2.16. The summed E-state index contributed by atoms with van der Waals surface area (Å²) in [7, 11) is 1.41. The lowest BCUT2D eigenvalue weighted by atomic mass is 10.1. The first-order valence-electron chi connectivity index (χ1n) is 5.71. The molecule has 0 fully saturated rings. The van der Waals surface area contributed by atoms with E-state index >= 15 is 0 Å². The Balaban J connectivity index is 2.46. The molecule has 1 N–H and O–H groups in total. The molecule has 0 aliphatic carbocycles. The molecule has 6 heteroatoms. The zero-order valence-electron chi connectivity index (χ0n) is 10.8. The van der Waals surface area contributed by atoms with E-state index in [0.29, 0.717) is 11.3 Å². The van der Waals surface area contributed by atoms with Crippen LogP contribution in [-0.4, -0.2) is 30.7 Å². The Kier molecular flexibility index (Phi) is 5.09. The number of methoxy groups -OCH3 is 1. The normalized spacial score (nSPS) is 11.2. The summed E-state index contributed by atoms with van der Waals surface area (Å²) in [6, 6.07) is 4.47. The van der Waals surface area contributed by atoms with Crippen molar-refractivity contribution in [2.24, 2.45) is 0 Å². The van der Waals surface area contributed by atoms with E-state index in [1.165, 1.54) is 19.2 Å². The fourth-order valence-corrected chi connectivity index (χ4v) is 1.41. The van der Waals surface area contributed by atoms with Crippen molar-refractivity contribution >= 4 is 5.97 Å². The van der Waals surface area contributed by atoms with Gasteiger partial charge in [0, 0.05) is 6.42 Å². The number of benzene rings is 1. The van der Waals surface area contributed by atoms with E-state index in [9.17, 15) is 18.7 Å². The highest BCUT2D eigenvalue weighted by molar-refractivity contribution is 5.72. The van der Waals surface area contributed by atoms with Crippen LogP contribution in [0.2, 0.25) is 0 Å². The molecular weight excluding hydrogens is 258 g/mol. The predicted octanol–water partition coefficient (Wildman–Crippen LogP) is 2.53. The first kappa shape index (κ1) is 15.2. The van der Waals surface area contributed by atoms with Gasteiger partial charge in [0.05, 0.1) is 20.1 Å². The molecule has 0 aliphatic rings. The number of alkyl halides is 2. The Morgan fingerprint density at radius 3 is 2.63 bits per heavy atom. The van der Waals surface area contributed by atoms with Gasteiger partial charge in [-0.25, -0.2) is 8.78 Å². The molecule has 0 spiro atoms. The average Bonchev–Trinajstić information content (AvgIpc) is 2.27. The van der Waals surface area contributed by atoms with Crippen LogP contribution in [0.25, 0.3) is 0 Å². The van der Waals surface area contributed by atoms with Crippen molar-refractivity contribution in [3.8, 4) is 11.5 Å². The molecule has 0 aliphatic heterocycles. The molecule has 4 nitrogen and oxygen atoms in total. The summed E-state index contributed by atoms with van der Waals surface area (Å²) < 4.78 is 34.5. The molecule has 0 atom stereocenters. The van der Waals surface area contributed by atoms with Crippen molar-refractivity contribution in [1.82, 2.24) is 0 Å². The van der Waals surface area contributed by atoms with E-state index < -0.39 is 18.3 Å². The van der Waals surface area contributed by atoms with Gasteiger partial charge in [-0.1, -0.05) is 6.07 Å². The molecule has 0 saturated carbocycles.